The number of nitrogens with one attached hydrogen (secondary N) is 2. The molecule has 2 heterocycles. The first-order chi connectivity index (χ1) is 17.1. The van der Waals surface area contributed by atoms with Crippen LogP contribution < -0.4 is 15.8 Å². The molecule has 5 atom stereocenters. The van der Waals surface area contributed by atoms with E-state index in [1.54, 1.807) is 31.2 Å². The number of aliphatic hydroxyl groups is 1. The fourth-order valence-electron chi connectivity index (χ4n) is 6.02. The molecule has 1 saturated carbocycles. The van der Waals surface area contributed by atoms with E-state index in [1.165, 1.54) is 12.5 Å². The lowest BCUT2D eigenvalue weighted by molar-refractivity contribution is -0.169. The van der Waals surface area contributed by atoms with Crippen molar-refractivity contribution in [1.29, 1.82) is 0 Å². The molecule has 1 amide bonds. The maximum absolute atomic E-state index is 14.1. The number of hydrogen-bond donors (Lipinski definition) is 4. The Balaban J connectivity index is 1.52. The third kappa shape index (κ3) is 2.75. The van der Waals surface area contributed by atoms with E-state index in [1.807, 2.05) is 12.1 Å². The van der Waals surface area contributed by atoms with Crippen LogP contribution in [0.25, 0.3) is 0 Å². The lowest BCUT2D eigenvalue weighted by Crippen LogP contribution is -2.60. The molecule has 1 aromatic heterocycles. The largest absolute Gasteiger partial charge is 0.454 e. The molecule has 9 heteroatoms. The summed E-state index contributed by atoms with van der Waals surface area (Å²) < 4.78 is 18.2. The number of hydrogen-bond acceptors (Lipinski definition) is 6. The van der Waals surface area contributed by atoms with Gasteiger partial charge in [-0.25, -0.2) is 0 Å². The van der Waals surface area contributed by atoms with Crippen molar-refractivity contribution in [2.24, 2.45) is 5.92 Å². The molecule has 6 rings (SSSR count). The number of fused-ring (bicyclic) bond motifs is 5. The van der Waals surface area contributed by atoms with Gasteiger partial charge in [-0.15, -0.1) is 0 Å². The zero-order valence-corrected chi connectivity index (χ0v) is 21.0. The molecule has 5 N–H and O–H groups in total. The van der Waals surface area contributed by atoms with Crippen LogP contribution >= 0.6 is 0 Å². The number of nitrogen functional groups attached to an aromatic ring is 1. The molecule has 0 radical (unpaired) electrons. The van der Waals surface area contributed by atoms with Crippen LogP contribution in [-0.4, -0.2) is 32.2 Å². The van der Waals surface area contributed by atoms with Crippen molar-refractivity contribution in [3.05, 3.63) is 76.1 Å². The fourth-order valence-corrected chi connectivity index (χ4v) is 6.78. The molecule has 186 valence electrons. The van der Waals surface area contributed by atoms with E-state index >= 15 is 0 Å². The first kappa shape index (κ1) is 23.0. The average Bonchev–Trinajstić information content (AvgIpc) is 3.38. The highest BCUT2D eigenvalue weighted by molar-refractivity contribution is 7.84. The normalized spacial score (nSPS) is 28.5. The molecule has 0 saturated heterocycles. The Morgan fingerprint density at radius 1 is 1.25 bits per heavy atom. The molecule has 8 nitrogen and oxygen atoms in total. The van der Waals surface area contributed by atoms with E-state index in [-0.39, 0.29) is 22.5 Å². The third-order valence-corrected chi connectivity index (χ3v) is 9.23. The lowest BCUT2D eigenvalue weighted by atomic mass is 9.70. The zero-order chi connectivity index (χ0) is 25.6. The second-order valence-electron chi connectivity index (χ2n) is 10.1. The Labute approximate surface area is 210 Å². The van der Waals surface area contributed by atoms with Crippen LogP contribution in [0.3, 0.4) is 0 Å². The molecular formula is C27H27N3O5S. The Morgan fingerprint density at radius 3 is 2.67 bits per heavy atom. The summed E-state index contributed by atoms with van der Waals surface area (Å²) in [6.45, 7) is 3.88. The van der Waals surface area contributed by atoms with Crippen LogP contribution in [0.15, 0.2) is 47.5 Å². The van der Waals surface area contributed by atoms with Gasteiger partial charge in [0.2, 0.25) is 11.3 Å². The van der Waals surface area contributed by atoms with Crippen molar-refractivity contribution in [3.63, 3.8) is 0 Å². The number of nitrogens with two attached hydrogens (primary N) is 1. The quantitative estimate of drug-likeness (QED) is 0.402. The highest BCUT2D eigenvalue weighted by Crippen LogP contribution is 2.59. The van der Waals surface area contributed by atoms with Gasteiger partial charge in [-0.05, 0) is 54.9 Å². The Bertz CT molecular complexity index is 1500. The number of H-pyrrole nitrogens is 1. The van der Waals surface area contributed by atoms with Crippen LogP contribution in [0.5, 0.6) is 5.75 Å². The number of carbonyl (C=O) groups is 2. The SMILES string of the molecule is Cc1c(S(C)=O)c[nH]c1C(=O)NC12C(=O)c3c(N)cccc3C1(O)Oc1cc(C3CCC3C)ccc12. The summed E-state index contributed by atoms with van der Waals surface area (Å²) in [4.78, 5) is 31.1. The van der Waals surface area contributed by atoms with E-state index in [0.717, 1.165) is 18.4 Å². The third-order valence-electron chi connectivity index (χ3n) is 8.18. The highest BCUT2D eigenvalue weighted by Gasteiger charge is 2.72. The van der Waals surface area contributed by atoms with Gasteiger partial charge < -0.3 is 25.9 Å². The van der Waals surface area contributed by atoms with Gasteiger partial charge in [-0.3, -0.25) is 13.8 Å². The standard InChI is InChI=1S/C27H27N3O5S/c1-13-7-9-16(13)15-8-10-17-20(11-15)35-27(33)18-5-4-6-19(28)22(18)24(31)26(17,27)30-25(32)23-14(2)21(12-29-23)36(3)34/h4-6,8,10-13,16,29,33H,7,9,28H2,1-3H3,(H,30,32). The molecule has 2 aliphatic carbocycles. The van der Waals surface area contributed by atoms with Crippen LogP contribution in [0, 0.1) is 12.8 Å². The molecule has 2 aromatic carbocycles. The minimum absolute atomic E-state index is 0.126. The van der Waals surface area contributed by atoms with Crippen molar-refractivity contribution in [1.82, 2.24) is 10.3 Å². The van der Waals surface area contributed by atoms with Crippen molar-refractivity contribution in [2.75, 3.05) is 12.0 Å². The van der Waals surface area contributed by atoms with Crippen LogP contribution in [0.2, 0.25) is 0 Å². The van der Waals surface area contributed by atoms with Gasteiger partial charge in [-0.2, -0.15) is 0 Å². The number of amides is 1. The first-order valence-electron chi connectivity index (χ1n) is 11.9. The van der Waals surface area contributed by atoms with Gasteiger partial charge in [-0.1, -0.05) is 31.2 Å². The molecule has 36 heavy (non-hydrogen) atoms. The van der Waals surface area contributed by atoms with Gasteiger partial charge in [0.05, 0.1) is 21.3 Å². The number of carbonyl (C=O) groups excluding carboxylic acids is 2. The van der Waals surface area contributed by atoms with Crippen LogP contribution in [0.1, 0.15) is 68.8 Å². The number of Topliss-reactive ketones (excluding diaryl/α,β-unsaturated/α-hetero) is 1. The van der Waals surface area contributed by atoms with Crippen molar-refractivity contribution in [3.8, 4) is 5.75 Å². The highest BCUT2D eigenvalue weighted by atomic mass is 32.2. The van der Waals surface area contributed by atoms with E-state index in [9.17, 15) is 18.9 Å². The number of aromatic nitrogens is 1. The zero-order valence-electron chi connectivity index (χ0n) is 20.2. The van der Waals surface area contributed by atoms with E-state index in [4.69, 9.17) is 10.5 Å². The summed E-state index contributed by atoms with van der Waals surface area (Å²) in [6, 6.07) is 10.4. The summed E-state index contributed by atoms with van der Waals surface area (Å²) in [5.74, 6) is -2.08. The summed E-state index contributed by atoms with van der Waals surface area (Å²) in [7, 11) is -1.31. The summed E-state index contributed by atoms with van der Waals surface area (Å²) in [5, 5.41) is 14.9. The van der Waals surface area contributed by atoms with Crippen molar-refractivity contribution >= 4 is 28.2 Å². The number of ketones is 1. The maximum atomic E-state index is 14.1. The van der Waals surface area contributed by atoms with Gasteiger partial charge >= 0.3 is 0 Å². The molecule has 1 fully saturated rings. The molecule has 5 unspecified atom stereocenters. The Kier molecular flexibility index (Phi) is 4.81. The van der Waals surface area contributed by atoms with E-state index < -0.39 is 33.8 Å². The summed E-state index contributed by atoms with van der Waals surface area (Å²) in [6.07, 6.45) is 5.25. The number of ether oxygens (including phenoxy) is 1. The fraction of sp³-hybridized carbons (Fsp3) is 0.333. The van der Waals surface area contributed by atoms with Gasteiger partial charge in [0.15, 0.2) is 0 Å². The second kappa shape index (κ2) is 7.54. The smallest absolute Gasteiger partial charge is 0.271 e. The Hall–Kier alpha value is -3.43. The molecule has 0 spiro atoms. The van der Waals surface area contributed by atoms with E-state index in [2.05, 4.69) is 17.2 Å². The monoisotopic (exact) mass is 505 g/mol. The van der Waals surface area contributed by atoms with Crippen molar-refractivity contribution < 1.29 is 23.6 Å². The van der Waals surface area contributed by atoms with Crippen LogP contribution in [-0.2, 0) is 22.1 Å². The summed E-state index contributed by atoms with van der Waals surface area (Å²) >= 11 is 0. The Morgan fingerprint density at radius 2 is 2.03 bits per heavy atom. The predicted molar refractivity (Wildman–Crippen MR) is 134 cm³/mol. The number of rotatable bonds is 4. The van der Waals surface area contributed by atoms with Gasteiger partial charge in [0, 0.05) is 29.3 Å². The van der Waals surface area contributed by atoms with Crippen molar-refractivity contribution in [2.45, 2.75) is 48.8 Å². The topological polar surface area (TPSA) is 135 Å². The van der Waals surface area contributed by atoms with Gasteiger partial charge in [0.25, 0.3) is 11.7 Å². The predicted octanol–water partition coefficient (Wildman–Crippen LogP) is 3.22. The number of anilines is 1. The first-order valence-corrected chi connectivity index (χ1v) is 13.5. The molecule has 1 aliphatic heterocycles. The van der Waals surface area contributed by atoms with Crippen LogP contribution in [0.4, 0.5) is 5.69 Å². The minimum atomic E-state index is -2.19. The van der Waals surface area contributed by atoms with Gasteiger partial charge in [0.1, 0.15) is 11.4 Å². The average molecular weight is 506 g/mol. The summed E-state index contributed by atoms with van der Waals surface area (Å²) in [5.41, 5.74) is 6.87. The van der Waals surface area contributed by atoms with E-state index in [0.29, 0.717) is 33.6 Å². The molecule has 3 aromatic rings. The maximum Gasteiger partial charge on any atom is 0.271 e. The molecule has 3 aliphatic rings. The second-order valence-corrected chi connectivity index (χ2v) is 11.4. The lowest BCUT2D eigenvalue weighted by Gasteiger charge is -2.35. The number of benzene rings is 2. The number of aromatic amines is 1. The molecular weight excluding hydrogens is 478 g/mol. The minimum Gasteiger partial charge on any atom is -0.454 e. The molecule has 0 bridgehead atoms.